The number of carbonyl (C=O) groups excluding carboxylic acids is 1. The molecule has 1 aromatic carbocycles. The Balaban J connectivity index is 0.00000300. The Bertz CT molecular complexity index is 809. The molecule has 0 saturated carbocycles. The minimum absolute atomic E-state index is 0. The van der Waals surface area contributed by atoms with E-state index in [4.69, 9.17) is 11.6 Å². The summed E-state index contributed by atoms with van der Waals surface area (Å²) in [6, 6.07) is 11.4. The number of benzene rings is 1. The van der Waals surface area contributed by atoms with Gasteiger partial charge in [-0.25, -0.2) is 4.98 Å². The molecular weight excluding hydrogens is 409 g/mol. The van der Waals surface area contributed by atoms with E-state index < -0.39 is 0 Å². The van der Waals surface area contributed by atoms with E-state index in [9.17, 15) is 4.79 Å². The molecule has 1 atom stereocenters. The van der Waals surface area contributed by atoms with Crippen LogP contribution in [-0.2, 0) is 0 Å². The van der Waals surface area contributed by atoms with Gasteiger partial charge in [0.1, 0.15) is 5.82 Å². The molecule has 1 aliphatic rings. The number of piperazine rings is 1. The number of pyridine rings is 1. The number of likely N-dealkylation sites (N-methyl/N-ethyl adjacent to an activating group) is 2. The summed E-state index contributed by atoms with van der Waals surface area (Å²) in [5, 5.41) is 3.75. The molecule has 0 radical (unpaired) electrons. The molecular formula is C21H29Cl2N5O. The van der Waals surface area contributed by atoms with Crippen molar-refractivity contribution in [2.75, 3.05) is 58.8 Å². The number of rotatable bonds is 6. The largest absolute Gasteiger partial charge is 0.354 e. The van der Waals surface area contributed by atoms with Gasteiger partial charge in [-0.2, -0.15) is 0 Å². The molecule has 1 N–H and O–H groups in total. The highest BCUT2D eigenvalue weighted by Gasteiger charge is 2.19. The Kier molecular flexibility index (Phi) is 8.71. The third kappa shape index (κ3) is 6.31. The van der Waals surface area contributed by atoms with Gasteiger partial charge in [0.15, 0.2) is 0 Å². The molecule has 0 spiro atoms. The third-order valence-electron chi connectivity index (χ3n) is 5.15. The van der Waals surface area contributed by atoms with Crippen LogP contribution in [0.15, 0.2) is 42.6 Å². The molecule has 0 aliphatic carbocycles. The Labute approximate surface area is 184 Å². The van der Waals surface area contributed by atoms with E-state index in [1.807, 2.05) is 44.4 Å². The normalized spacial score (nSPS) is 15.7. The van der Waals surface area contributed by atoms with Gasteiger partial charge >= 0.3 is 0 Å². The zero-order valence-corrected chi connectivity index (χ0v) is 18.7. The van der Waals surface area contributed by atoms with Gasteiger partial charge < -0.3 is 20.0 Å². The van der Waals surface area contributed by atoms with Gasteiger partial charge in [-0.05, 0) is 51.0 Å². The van der Waals surface area contributed by atoms with Gasteiger partial charge in [0.25, 0.3) is 5.91 Å². The van der Waals surface area contributed by atoms with Crippen LogP contribution < -0.4 is 10.2 Å². The molecule has 6 nitrogen and oxygen atoms in total. The van der Waals surface area contributed by atoms with Crippen LogP contribution in [0.2, 0.25) is 5.02 Å². The lowest BCUT2D eigenvalue weighted by atomic mass is 10.1. The van der Waals surface area contributed by atoms with Crippen molar-refractivity contribution in [3.8, 4) is 0 Å². The van der Waals surface area contributed by atoms with Crippen LogP contribution in [0.4, 0.5) is 5.82 Å². The van der Waals surface area contributed by atoms with E-state index in [-0.39, 0.29) is 24.4 Å². The number of hydrogen-bond acceptors (Lipinski definition) is 5. The number of nitrogens with zero attached hydrogens (tertiary/aromatic N) is 4. The number of anilines is 1. The van der Waals surface area contributed by atoms with E-state index in [1.165, 1.54) is 0 Å². The molecule has 2 aromatic rings. The zero-order chi connectivity index (χ0) is 20.1. The maximum absolute atomic E-state index is 12.7. The van der Waals surface area contributed by atoms with Crippen molar-refractivity contribution in [1.82, 2.24) is 20.1 Å². The maximum atomic E-state index is 12.7. The fourth-order valence-corrected chi connectivity index (χ4v) is 3.57. The Morgan fingerprint density at radius 3 is 2.59 bits per heavy atom. The van der Waals surface area contributed by atoms with Gasteiger partial charge in [-0.3, -0.25) is 4.79 Å². The third-order valence-corrected chi connectivity index (χ3v) is 5.38. The standard InChI is InChI=1S/C21H28ClN5O.ClH/c1-25(2)19(16-5-4-6-18(22)13-16)15-24-21(28)17-7-8-23-20(14-17)27-11-9-26(3)10-12-27;/h4-8,13-14,19H,9-12,15H2,1-3H3,(H,24,28);1H. The molecule has 3 rings (SSSR count). The number of amides is 1. The topological polar surface area (TPSA) is 51.7 Å². The average molecular weight is 438 g/mol. The number of aromatic nitrogens is 1. The average Bonchev–Trinajstić information content (AvgIpc) is 2.68. The van der Waals surface area contributed by atoms with Crippen LogP contribution in [0, 0.1) is 0 Å². The molecule has 8 heteroatoms. The first-order chi connectivity index (χ1) is 13.4. The minimum atomic E-state index is -0.0911. The molecule has 1 unspecified atom stereocenters. The number of nitrogens with one attached hydrogen (secondary N) is 1. The second-order valence-corrected chi connectivity index (χ2v) is 7.87. The van der Waals surface area contributed by atoms with Crippen LogP contribution in [0.1, 0.15) is 22.0 Å². The summed E-state index contributed by atoms with van der Waals surface area (Å²) in [6.45, 7) is 4.35. The summed E-state index contributed by atoms with van der Waals surface area (Å²) in [6.07, 6.45) is 1.71. The summed E-state index contributed by atoms with van der Waals surface area (Å²) < 4.78 is 0. The smallest absolute Gasteiger partial charge is 0.251 e. The summed E-state index contributed by atoms with van der Waals surface area (Å²) in [5.41, 5.74) is 1.71. The predicted molar refractivity (Wildman–Crippen MR) is 121 cm³/mol. The lowest BCUT2D eigenvalue weighted by molar-refractivity contribution is 0.0942. The lowest BCUT2D eigenvalue weighted by Gasteiger charge is -2.33. The summed E-state index contributed by atoms with van der Waals surface area (Å²) in [5.74, 6) is 0.770. The SMILES string of the molecule is CN1CCN(c2cc(C(=O)NCC(c3cccc(Cl)c3)N(C)C)ccn2)CC1.Cl. The molecule has 29 heavy (non-hydrogen) atoms. The first kappa shape index (κ1) is 23.4. The predicted octanol–water partition coefficient (Wildman–Crippen LogP) is 2.94. The van der Waals surface area contributed by atoms with Crippen LogP contribution in [-0.4, -0.2) is 74.6 Å². The van der Waals surface area contributed by atoms with Crippen LogP contribution in [0.3, 0.4) is 0 Å². The Morgan fingerprint density at radius 2 is 1.93 bits per heavy atom. The summed E-state index contributed by atoms with van der Waals surface area (Å²) >= 11 is 6.13. The van der Waals surface area contributed by atoms with Gasteiger partial charge in [0.2, 0.25) is 0 Å². The van der Waals surface area contributed by atoms with Crippen molar-refractivity contribution >= 4 is 35.7 Å². The quantitative estimate of drug-likeness (QED) is 0.752. The Hall–Kier alpha value is -1.86. The van der Waals surface area contributed by atoms with Gasteiger partial charge in [-0.1, -0.05) is 23.7 Å². The molecule has 1 saturated heterocycles. The van der Waals surface area contributed by atoms with E-state index >= 15 is 0 Å². The lowest BCUT2D eigenvalue weighted by Crippen LogP contribution is -2.44. The van der Waals surface area contributed by atoms with Crippen LogP contribution in [0.5, 0.6) is 0 Å². The first-order valence-electron chi connectivity index (χ1n) is 9.53. The molecule has 1 aromatic heterocycles. The van der Waals surface area contributed by atoms with Gasteiger partial charge in [-0.15, -0.1) is 12.4 Å². The van der Waals surface area contributed by atoms with Crippen molar-refractivity contribution in [2.45, 2.75) is 6.04 Å². The van der Waals surface area contributed by atoms with Gasteiger partial charge in [0, 0.05) is 49.5 Å². The van der Waals surface area contributed by atoms with E-state index in [0.717, 1.165) is 37.6 Å². The fourth-order valence-electron chi connectivity index (χ4n) is 3.37. The molecule has 2 heterocycles. The monoisotopic (exact) mass is 437 g/mol. The Morgan fingerprint density at radius 1 is 1.21 bits per heavy atom. The number of halogens is 2. The number of carbonyl (C=O) groups is 1. The highest BCUT2D eigenvalue weighted by atomic mass is 35.5. The number of hydrogen-bond donors (Lipinski definition) is 1. The van der Waals surface area contributed by atoms with E-state index in [2.05, 4.69) is 32.0 Å². The zero-order valence-electron chi connectivity index (χ0n) is 17.1. The summed E-state index contributed by atoms with van der Waals surface area (Å²) in [4.78, 5) is 23.8. The molecule has 0 bridgehead atoms. The fraction of sp³-hybridized carbons (Fsp3) is 0.429. The molecule has 1 aliphatic heterocycles. The molecule has 158 valence electrons. The van der Waals surface area contributed by atoms with Crippen molar-refractivity contribution in [2.24, 2.45) is 0 Å². The van der Waals surface area contributed by atoms with Crippen molar-refractivity contribution < 1.29 is 4.79 Å². The highest BCUT2D eigenvalue weighted by Crippen LogP contribution is 2.21. The van der Waals surface area contributed by atoms with Crippen molar-refractivity contribution in [3.05, 3.63) is 58.7 Å². The second-order valence-electron chi connectivity index (χ2n) is 7.44. The van der Waals surface area contributed by atoms with E-state index in [0.29, 0.717) is 17.1 Å². The van der Waals surface area contributed by atoms with E-state index in [1.54, 1.807) is 12.3 Å². The van der Waals surface area contributed by atoms with Crippen molar-refractivity contribution in [3.63, 3.8) is 0 Å². The highest BCUT2D eigenvalue weighted by molar-refractivity contribution is 6.30. The second kappa shape index (κ2) is 10.8. The van der Waals surface area contributed by atoms with Gasteiger partial charge in [0.05, 0.1) is 6.04 Å². The van der Waals surface area contributed by atoms with Crippen molar-refractivity contribution in [1.29, 1.82) is 0 Å². The summed E-state index contributed by atoms with van der Waals surface area (Å²) in [7, 11) is 6.11. The first-order valence-corrected chi connectivity index (χ1v) is 9.91. The molecule has 1 amide bonds. The van der Waals surface area contributed by atoms with Crippen LogP contribution in [0.25, 0.3) is 0 Å². The van der Waals surface area contributed by atoms with Crippen LogP contribution >= 0.6 is 24.0 Å². The maximum Gasteiger partial charge on any atom is 0.251 e. The minimum Gasteiger partial charge on any atom is -0.354 e. The molecule has 1 fully saturated rings.